The molecule has 3 rings (SSSR count). The summed E-state index contributed by atoms with van der Waals surface area (Å²) in [6.45, 7) is 7.83. The summed E-state index contributed by atoms with van der Waals surface area (Å²) in [4.78, 5) is 13.0. The highest BCUT2D eigenvalue weighted by Gasteiger charge is 2.29. The van der Waals surface area contributed by atoms with Crippen molar-refractivity contribution in [3.05, 3.63) is 83.9 Å². The van der Waals surface area contributed by atoms with Gasteiger partial charge < -0.3 is 14.8 Å². The van der Waals surface area contributed by atoms with Crippen molar-refractivity contribution in [3.63, 3.8) is 0 Å². The first-order valence-corrected chi connectivity index (χ1v) is 13.0. The van der Waals surface area contributed by atoms with Crippen LogP contribution < -0.4 is 19.1 Å². The van der Waals surface area contributed by atoms with Gasteiger partial charge >= 0.3 is 0 Å². The minimum absolute atomic E-state index is 0.0709. The summed E-state index contributed by atoms with van der Waals surface area (Å²) in [7, 11) is -4.03. The molecule has 186 valence electrons. The number of ether oxygens (including phenoxy) is 2. The lowest BCUT2D eigenvalue weighted by Gasteiger charge is -2.26. The number of aryl methyl sites for hydroxylation is 1. The Balaban J connectivity index is 1.83. The molecule has 3 aromatic carbocycles. The zero-order valence-electron chi connectivity index (χ0n) is 20.5. The van der Waals surface area contributed by atoms with Crippen molar-refractivity contribution >= 4 is 21.6 Å². The van der Waals surface area contributed by atoms with Gasteiger partial charge in [-0.05, 0) is 69.7 Å². The number of nitrogens with one attached hydrogen (secondary N) is 1. The molecule has 0 atom stereocenters. The van der Waals surface area contributed by atoms with E-state index in [2.05, 4.69) is 5.32 Å². The number of benzene rings is 3. The first-order chi connectivity index (χ1) is 16.7. The lowest BCUT2D eigenvalue weighted by Crippen LogP contribution is -2.40. The van der Waals surface area contributed by atoms with E-state index < -0.39 is 22.5 Å². The molecule has 0 aliphatic heterocycles. The van der Waals surface area contributed by atoms with Crippen LogP contribution in [0, 0.1) is 6.92 Å². The van der Waals surface area contributed by atoms with Crippen molar-refractivity contribution in [3.8, 4) is 11.5 Å². The normalized spacial score (nSPS) is 11.2. The monoisotopic (exact) mass is 496 g/mol. The number of para-hydroxylation sites is 2. The highest BCUT2D eigenvalue weighted by atomic mass is 32.2. The number of hydrogen-bond donors (Lipinski definition) is 1. The van der Waals surface area contributed by atoms with Crippen molar-refractivity contribution in [1.29, 1.82) is 0 Å². The molecule has 7 nitrogen and oxygen atoms in total. The van der Waals surface area contributed by atoms with Gasteiger partial charge in [0.25, 0.3) is 10.0 Å². The number of nitrogens with zero attached hydrogens (tertiary/aromatic N) is 1. The highest BCUT2D eigenvalue weighted by molar-refractivity contribution is 7.92. The summed E-state index contributed by atoms with van der Waals surface area (Å²) in [6, 6.07) is 20.8. The second kappa shape index (κ2) is 11.8. The molecule has 1 amide bonds. The number of rotatable bonds is 11. The van der Waals surface area contributed by atoms with Gasteiger partial charge in [0.2, 0.25) is 5.91 Å². The third kappa shape index (κ3) is 6.99. The fourth-order valence-electron chi connectivity index (χ4n) is 3.42. The number of amides is 1. The fourth-order valence-corrected chi connectivity index (χ4v) is 4.85. The van der Waals surface area contributed by atoms with E-state index >= 15 is 0 Å². The van der Waals surface area contributed by atoms with Gasteiger partial charge in [0.1, 0.15) is 18.0 Å². The predicted molar refractivity (Wildman–Crippen MR) is 137 cm³/mol. The molecule has 0 fully saturated rings. The maximum atomic E-state index is 13.6. The number of anilines is 1. The van der Waals surface area contributed by atoms with E-state index in [0.29, 0.717) is 18.0 Å². The Bertz CT molecular complexity index is 1220. The van der Waals surface area contributed by atoms with Crippen molar-refractivity contribution in [1.82, 2.24) is 5.32 Å². The van der Waals surface area contributed by atoms with Gasteiger partial charge in [-0.25, -0.2) is 8.42 Å². The van der Waals surface area contributed by atoms with E-state index in [-0.39, 0.29) is 17.5 Å². The molecule has 35 heavy (non-hydrogen) atoms. The van der Waals surface area contributed by atoms with Gasteiger partial charge in [0.05, 0.1) is 23.3 Å². The van der Waals surface area contributed by atoms with Crippen LogP contribution in [0.5, 0.6) is 11.5 Å². The van der Waals surface area contributed by atoms with Gasteiger partial charge in [0, 0.05) is 6.54 Å². The number of sulfonamides is 1. The topological polar surface area (TPSA) is 84.9 Å². The molecule has 0 aromatic heterocycles. The van der Waals surface area contributed by atoms with Crippen LogP contribution in [0.3, 0.4) is 0 Å². The maximum absolute atomic E-state index is 13.6. The van der Waals surface area contributed by atoms with E-state index in [1.165, 1.54) is 0 Å². The van der Waals surface area contributed by atoms with E-state index in [0.717, 1.165) is 21.2 Å². The smallest absolute Gasteiger partial charge is 0.264 e. The molecular formula is C27H32N2O5S. The van der Waals surface area contributed by atoms with Crippen LogP contribution in [-0.2, 0) is 21.4 Å². The van der Waals surface area contributed by atoms with Crippen molar-refractivity contribution in [2.45, 2.75) is 45.2 Å². The molecule has 0 bridgehead atoms. The molecule has 0 unspecified atom stereocenters. The molecule has 1 N–H and O–H groups in total. The Kier molecular flexibility index (Phi) is 8.76. The van der Waals surface area contributed by atoms with Gasteiger partial charge in [-0.3, -0.25) is 9.10 Å². The van der Waals surface area contributed by atoms with E-state index in [1.54, 1.807) is 48.5 Å². The fraction of sp³-hybridized carbons (Fsp3) is 0.296. The zero-order valence-corrected chi connectivity index (χ0v) is 21.3. The molecule has 0 spiro atoms. The van der Waals surface area contributed by atoms with Crippen LogP contribution in [-0.4, -0.2) is 33.6 Å². The van der Waals surface area contributed by atoms with Crippen LogP contribution >= 0.6 is 0 Å². The Morgan fingerprint density at radius 2 is 1.63 bits per heavy atom. The van der Waals surface area contributed by atoms with Crippen molar-refractivity contribution < 1.29 is 22.7 Å². The third-order valence-electron chi connectivity index (χ3n) is 5.11. The van der Waals surface area contributed by atoms with E-state index in [9.17, 15) is 13.2 Å². The summed E-state index contributed by atoms with van der Waals surface area (Å²) in [5.74, 6) is 0.701. The Hall–Kier alpha value is -3.52. The minimum atomic E-state index is -4.03. The Morgan fingerprint density at radius 3 is 2.26 bits per heavy atom. The van der Waals surface area contributed by atoms with Crippen molar-refractivity contribution in [2.24, 2.45) is 0 Å². The maximum Gasteiger partial charge on any atom is 0.264 e. The average Bonchev–Trinajstić information content (AvgIpc) is 2.83. The lowest BCUT2D eigenvalue weighted by molar-refractivity contribution is -0.119. The number of hydrogen-bond acceptors (Lipinski definition) is 5. The molecule has 0 saturated heterocycles. The summed E-state index contributed by atoms with van der Waals surface area (Å²) in [5.41, 5.74) is 2.12. The number of carbonyl (C=O) groups is 1. The van der Waals surface area contributed by atoms with Crippen LogP contribution in [0.25, 0.3) is 0 Å². The van der Waals surface area contributed by atoms with Crippen molar-refractivity contribution in [2.75, 3.05) is 17.5 Å². The average molecular weight is 497 g/mol. The van der Waals surface area contributed by atoms with Gasteiger partial charge in [0.15, 0.2) is 0 Å². The second-order valence-corrected chi connectivity index (χ2v) is 10.2. The summed E-state index contributed by atoms with van der Waals surface area (Å²) < 4.78 is 39.6. The Morgan fingerprint density at radius 1 is 0.971 bits per heavy atom. The van der Waals surface area contributed by atoms with Crippen LogP contribution in [0.2, 0.25) is 0 Å². The molecule has 0 radical (unpaired) electrons. The predicted octanol–water partition coefficient (Wildman–Crippen LogP) is 4.69. The third-order valence-corrected chi connectivity index (χ3v) is 6.89. The summed E-state index contributed by atoms with van der Waals surface area (Å²) >= 11 is 0. The second-order valence-electron chi connectivity index (χ2n) is 8.31. The first kappa shape index (κ1) is 26.1. The van der Waals surface area contributed by atoms with E-state index in [1.807, 2.05) is 52.0 Å². The first-order valence-electron chi connectivity index (χ1n) is 11.5. The molecule has 0 saturated carbocycles. The highest BCUT2D eigenvalue weighted by Crippen LogP contribution is 2.32. The van der Waals surface area contributed by atoms with Gasteiger partial charge in [-0.2, -0.15) is 0 Å². The van der Waals surface area contributed by atoms with Crippen LogP contribution in [0.4, 0.5) is 5.69 Å². The van der Waals surface area contributed by atoms with Crippen LogP contribution in [0.15, 0.2) is 77.7 Å². The molecule has 8 heteroatoms. The van der Waals surface area contributed by atoms with E-state index in [4.69, 9.17) is 9.47 Å². The van der Waals surface area contributed by atoms with Gasteiger partial charge in [-0.1, -0.05) is 42.0 Å². The number of carbonyl (C=O) groups excluding carboxylic acids is 1. The molecule has 3 aromatic rings. The summed E-state index contributed by atoms with van der Waals surface area (Å²) in [6.07, 6.45) is 0.0709. The van der Waals surface area contributed by atoms with Gasteiger partial charge in [-0.15, -0.1) is 0 Å². The molecule has 0 aliphatic carbocycles. The molecular weight excluding hydrogens is 464 g/mol. The minimum Gasteiger partial charge on any atom is -0.492 e. The lowest BCUT2D eigenvalue weighted by atomic mass is 10.2. The largest absolute Gasteiger partial charge is 0.492 e. The Labute approximate surface area is 207 Å². The molecule has 0 heterocycles. The zero-order chi connectivity index (χ0) is 25.4. The standard InChI is InChI=1S/C27H32N2O5S/c1-5-33-26-9-7-6-8-25(26)29(35(31,32)24-16-10-21(4)11-17-24)19-27(30)28-18-22-12-14-23(15-13-22)34-20(2)3/h6-17,20H,5,18-19H2,1-4H3,(H,28,30). The van der Waals surface area contributed by atoms with Crippen LogP contribution in [0.1, 0.15) is 31.9 Å². The SMILES string of the molecule is CCOc1ccccc1N(CC(=O)NCc1ccc(OC(C)C)cc1)S(=O)(=O)c1ccc(C)cc1. The molecule has 0 aliphatic rings. The quantitative estimate of drug-likeness (QED) is 0.416. The summed E-state index contributed by atoms with van der Waals surface area (Å²) in [5, 5.41) is 2.82.